The number of alkyl halides is 1. The minimum Gasteiger partial charge on any atom is -0.399 e. The average Bonchev–Trinajstić information content (AvgIpc) is 3.05. The van der Waals surface area contributed by atoms with Gasteiger partial charge in [-0.2, -0.15) is 0 Å². The van der Waals surface area contributed by atoms with E-state index in [-0.39, 0.29) is 40.5 Å². The first kappa shape index (κ1) is 23.4. The Morgan fingerprint density at radius 3 is 2.48 bits per heavy atom. The van der Waals surface area contributed by atoms with Crippen molar-refractivity contribution in [2.75, 3.05) is 6.67 Å². The Morgan fingerprint density at radius 1 is 1.15 bits per heavy atom. The van der Waals surface area contributed by atoms with Gasteiger partial charge in [0.1, 0.15) is 11.6 Å². The first-order valence-corrected chi connectivity index (χ1v) is 11.5. The average molecular weight is 470 g/mol. The highest BCUT2D eigenvalue weighted by molar-refractivity contribution is 6.34. The molecule has 2 unspecified atom stereocenters. The molecule has 1 aliphatic carbocycles. The van der Waals surface area contributed by atoms with Crippen molar-refractivity contribution < 1.29 is 13.2 Å². The van der Waals surface area contributed by atoms with Gasteiger partial charge in [0.2, 0.25) is 0 Å². The topological polar surface area (TPSA) is 26.0 Å². The molecule has 0 amide bonds. The molecule has 0 fully saturated rings. The highest BCUT2D eigenvalue weighted by Gasteiger charge is 2.44. The molecule has 33 heavy (non-hydrogen) atoms. The van der Waals surface area contributed by atoms with Crippen LogP contribution in [0.15, 0.2) is 55.1 Å². The summed E-state index contributed by atoms with van der Waals surface area (Å²) >= 11 is 6.55. The lowest BCUT2D eigenvalue weighted by Crippen LogP contribution is -2.25. The normalized spacial score (nSPS) is 19.5. The number of aryl methyl sites for hydroxylation is 1. The molecule has 0 aromatic heterocycles. The molecule has 0 saturated carbocycles. The van der Waals surface area contributed by atoms with Crippen LogP contribution < -0.4 is 5.73 Å². The molecule has 0 bridgehead atoms. The van der Waals surface area contributed by atoms with E-state index in [1.165, 1.54) is 6.07 Å². The Bertz CT molecular complexity index is 1220. The van der Waals surface area contributed by atoms with Crippen molar-refractivity contribution in [2.24, 2.45) is 5.73 Å². The van der Waals surface area contributed by atoms with Crippen LogP contribution in [-0.4, -0.2) is 6.67 Å². The predicted molar refractivity (Wildman–Crippen MR) is 130 cm³/mol. The van der Waals surface area contributed by atoms with E-state index in [1.807, 2.05) is 18.2 Å². The molecule has 0 heterocycles. The Kier molecular flexibility index (Phi) is 6.32. The lowest BCUT2D eigenvalue weighted by molar-refractivity contribution is 0.430. The van der Waals surface area contributed by atoms with E-state index in [4.69, 9.17) is 17.3 Å². The molecule has 2 atom stereocenters. The van der Waals surface area contributed by atoms with Gasteiger partial charge in [0.05, 0.1) is 11.7 Å². The van der Waals surface area contributed by atoms with Gasteiger partial charge in [0.25, 0.3) is 0 Å². The van der Waals surface area contributed by atoms with Crippen LogP contribution in [0.5, 0.6) is 0 Å². The SMILES string of the molecule is C=C(N)c1ccc(CCCF)c(F)c1-c1c(Cl)c(F)cc2c1C(C)C(C)(c1ccccc1)C2. The van der Waals surface area contributed by atoms with Gasteiger partial charge in [0.15, 0.2) is 0 Å². The molecule has 0 aliphatic heterocycles. The minimum absolute atomic E-state index is 0.0733. The predicted octanol–water partition coefficient (Wildman–Crippen LogP) is 7.73. The Morgan fingerprint density at radius 2 is 1.85 bits per heavy atom. The summed E-state index contributed by atoms with van der Waals surface area (Å²) in [6.07, 6.45) is 1.01. The molecule has 5 heteroatoms. The number of nitrogens with two attached hydrogens (primary N) is 1. The summed E-state index contributed by atoms with van der Waals surface area (Å²) in [7, 11) is 0. The van der Waals surface area contributed by atoms with Crippen LogP contribution in [0.3, 0.4) is 0 Å². The highest BCUT2D eigenvalue weighted by atomic mass is 35.5. The zero-order valence-electron chi connectivity index (χ0n) is 18.8. The highest BCUT2D eigenvalue weighted by Crippen LogP contribution is 2.54. The second kappa shape index (κ2) is 8.90. The third-order valence-corrected chi connectivity index (χ3v) is 7.49. The van der Waals surface area contributed by atoms with E-state index in [2.05, 4.69) is 32.6 Å². The van der Waals surface area contributed by atoms with E-state index in [0.29, 0.717) is 23.1 Å². The van der Waals surface area contributed by atoms with Gasteiger partial charge in [-0.15, -0.1) is 0 Å². The first-order chi connectivity index (χ1) is 15.7. The van der Waals surface area contributed by atoms with E-state index in [0.717, 1.165) is 16.7 Å². The minimum atomic E-state index is -0.600. The van der Waals surface area contributed by atoms with Gasteiger partial charge in [-0.3, -0.25) is 4.39 Å². The molecular formula is C28H27ClF3N. The molecule has 172 valence electrons. The van der Waals surface area contributed by atoms with Crippen LogP contribution in [0, 0.1) is 11.6 Å². The van der Waals surface area contributed by atoms with Crippen molar-refractivity contribution in [3.8, 4) is 11.1 Å². The van der Waals surface area contributed by atoms with Crippen LogP contribution in [0.4, 0.5) is 13.2 Å². The lowest BCUT2D eigenvalue weighted by atomic mass is 9.72. The fourth-order valence-electron chi connectivity index (χ4n) is 5.20. The van der Waals surface area contributed by atoms with Gasteiger partial charge in [-0.25, -0.2) is 8.78 Å². The van der Waals surface area contributed by atoms with Crippen molar-refractivity contribution in [1.82, 2.24) is 0 Å². The monoisotopic (exact) mass is 469 g/mol. The number of rotatable bonds is 6. The summed E-state index contributed by atoms with van der Waals surface area (Å²) in [6, 6.07) is 14.8. The van der Waals surface area contributed by atoms with Crippen molar-refractivity contribution >= 4 is 17.3 Å². The molecule has 3 aromatic carbocycles. The second-order valence-electron chi connectivity index (χ2n) is 9.08. The zero-order chi connectivity index (χ0) is 23.9. The smallest absolute Gasteiger partial charge is 0.142 e. The van der Waals surface area contributed by atoms with Crippen LogP contribution >= 0.6 is 11.6 Å². The molecule has 3 aromatic rings. The van der Waals surface area contributed by atoms with Gasteiger partial charge < -0.3 is 5.73 Å². The van der Waals surface area contributed by atoms with Gasteiger partial charge in [0, 0.05) is 27.8 Å². The summed E-state index contributed by atoms with van der Waals surface area (Å²) in [5.41, 5.74) is 9.77. The lowest BCUT2D eigenvalue weighted by Gasteiger charge is -2.31. The maximum Gasteiger partial charge on any atom is 0.142 e. The van der Waals surface area contributed by atoms with E-state index < -0.39 is 18.3 Å². The molecule has 1 nitrogen and oxygen atoms in total. The van der Waals surface area contributed by atoms with E-state index in [1.54, 1.807) is 12.1 Å². The summed E-state index contributed by atoms with van der Waals surface area (Å²) in [5, 5.41) is -0.137. The first-order valence-electron chi connectivity index (χ1n) is 11.1. The van der Waals surface area contributed by atoms with Crippen molar-refractivity contribution in [3.05, 3.63) is 99.6 Å². The van der Waals surface area contributed by atoms with Gasteiger partial charge in [-0.1, -0.05) is 74.5 Å². The number of halogens is 4. The molecule has 0 saturated heterocycles. The number of fused-ring (bicyclic) bond motifs is 1. The van der Waals surface area contributed by atoms with E-state index >= 15 is 8.78 Å². The van der Waals surface area contributed by atoms with Gasteiger partial charge >= 0.3 is 0 Å². The van der Waals surface area contributed by atoms with E-state index in [9.17, 15) is 4.39 Å². The second-order valence-corrected chi connectivity index (χ2v) is 9.46. The Hall–Kier alpha value is -2.72. The molecule has 0 radical (unpaired) electrons. The summed E-state index contributed by atoms with van der Waals surface area (Å²) in [4.78, 5) is 0. The van der Waals surface area contributed by atoms with Crippen molar-refractivity contribution in [1.29, 1.82) is 0 Å². The zero-order valence-corrected chi connectivity index (χ0v) is 19.6. The van der Waals surface area contributed by atoms with Crippen LogP contribution in [0.1, 0.15) is 54.0 Å². The fraction of sp³-hybridized carbons (Fsp3) is 0.286. The maximum absolute atomic E-state index is 15.9. The summed E-state index contributed by atoms with van der Waals surface area (Å²) < 4.78 is 43.8. The largest absolute Gasteiger partial charge is 0.399 e. The Balaban J connectivity index is 2.01. The van der Waals surface area contributed by atoms with Crippen LogP contribution in [0.2, 0.25) is 5.02 Å². The third-order valence-electron chi connectivity index (χ3n) is 7.12. The fourth-order valence-corrected chi connectivity index (χ4v) is 5.45. The van der Waals surface area contributed by atoms with Gasteiger partial charge in [-0.05, 0) is 53.5 Å². The maximum atomic E-state index is 15.9. The quantitative estimate of drug-likeness (QED) is 0.392. The van der Waals surface area contributed by atoms with Crippen molar-refractivity contribution in [2.45, 2.75) is 44.4 Å². The Labute approximate surface area is 198 Å². The number of hydrogen-bond acceptors (Lipinski definition) is 1. The van der Waals surface area contributed by atoms with Crippen molar-refractivity contribution in [3.63, 3.8) is 0 Å². The number of benzene rings is 3. The van der Waals surface area contributed by atoms with Crippen LogP contribution in [0.25, 0.3) is 16.8 Å². The summed E-state index contributed by atoms with van der Waals surface area (Å²) in [6.45, 7) is 7.45. The number of hydrogen-bond donors (Lipinski definition) is 1. The molecule has 0 spiro atoms. The summed E-state index contributed by atoms with van der Waals surface area (Å²) in [5.74, 6) is -1.23. The molecule has 2 N–H and O–H groups in total. The molecule has 4 rings (SSSR count). The molecule has 1 aliphatic rings. The third kappa shape index (κ3) is 3.85. The standard InChI is InChI=1S/C28H27ClF3N/c1-16-23-19(15-28(16,3)20-9-5-4-6-10-20)14-22(31)26(29)25(23)24-21(17(2)33)12-11-18(27(24)32)8-7-13-30/h4-6,9-12,14,16H,2,7-8,13,15,33H2,1,3H3. The van der Waals surface area contributed by atoms with Crippen LogP contribution in [-0.2, 0) is 18.3 Å². The molecular weight excluding hydrogens is 443 g/mol.